The lowest BCUT2D eigenvalue weighted by Crippen LogP contribution is -2.36. The van der Waals surface area contributed by atoms with Crippen molar-refractivity contribution in [1.29, 1.82) is 0 Å². The maximum absolute atomic E-state index is 14.0. The molecular formula is C20H28ClFN4O. The van der Waals surface area contributed by atoms with Gasteiger partial charge in [0, 0.05) is 43.0 Å². The fourth-order valence-electron chi connectivity index (χ4n) is 3.55. The zero-order valence-corrected chi connectivity index (χ0v) is 16.6. The number of halogens is 2. The van der Waals surface area contributed by atoms with E-state index in [9.17, 15) is 9.18 Å². The van der Waals surface area contributed by atoms with Gasteiger partial charge in [0.25, 0.3) is 0 Å². The molecule has 3 rings (SSSR count). The summed E-state index contributed by atoms with van der Waals surface area (Å²) in [6, 6.07) is 8.64. The van der Waals surface area contributed by atoms with E-state index >= 15 is 0 Å². The third-order valence-corrected chi connectivity index (χ3v) is 4.91. The molecule has 0 spiro atoms. The van der Waals surface area contributed by atoms with Crippen molar-refractivity contribution in [3.8, 4) is 0 Å². The number of amides is 1. The Balaban J connectivity index is 0.00000261. The van der Waals surface area contributed by atoms with Crippen molar-refractivity contribution in [2.75, 3.05) is 19.6 Å². The number of nitrogens with one attached hydrogen (secondary N) is 1. The van der Waals surface area contributed by atoms with Gasteiger partial charge >= 0.3 is 0 Å². The Hall–Kier alpha value is -1.92. The molecule has 1 aliphatic heterocycles. The second kappa shape index (κ2) is 10.4. The number of rotatable bonds is 7. The average molecular weight is 395 g/mol. The molecule has 0 bridgehead atoms. The molecule has 1 atom stereocenters. The van der Waals surface area contributed by atoms with Gasteiger partial charge < -0.3 is 10.2 Å². The fourth-order valence-corrected chi connectivity index (χ4v) is 3.55. The molecule has 1 aliphatic rings. The molecule has 1 aromatic heterocycles. The quantitative estimate of drug-likeness (QED) is 0.783. The predicted octanol–water partition coefficient (Wildman–Crippen LogP) is 3.35. The predicted molar refractivity (Wildman–Crippen MR) is 106 cm³/mol. The number of piperidine rings is 1. The third kappa shape index (κ3) is 5.53. The summed E-state index contributed by atoms with van der Waals surface area (Å²) in [4.78, 5) is 14.6. The van der Waals surface area contributed by atoms with Crippen LogP contribution in [0.4, 0.5) is 4.39 Å². The molecule has 1 N–H and O–H groups in total. The van der Waals surface area contributed by atoms with Gasteiger partial charge in [-0.1, -0.05) is 25.1 Å². The van der Waals surface area contributed by atoms with Gasteiger partial charge in [-0.15, -0.1) is 12.4 Å². The minimum absolute atomic E-state index is 0. The maximum Gasteiger partial charge on any atom is 0.244 e. The largest absolute Gasteiger partial charge is 0.337 e. The van der Waals surface area contributed by atoms with Crippen molar-refractivity contribution in [3.05, 3.63) is 53.6 Å². The molecule has 0 radical (unpaired) electrons. The fraction of sp³-hybridized carbons (Fsp3) is 0.500. The maximum atomic E-state index is 14.0. The van der Waals surface area contributed by atoms with Crippen molar-refractivity contribution in [1.82, 2.24) is 20.0 Å². The van der Waals surface area contributed by atoms with Crippen LogP contribution in [0.3, 0.4) is 0 Å². The Morgan fingerprint density at radius 2 is 2.19 bits per heavy atom. The Kier molecular flexibility index (Phi) is 8.25. The number of aromatic nitrogens is 2. The Labute approximate surface area is 166 Å². The van der Waals surface area contributed by atoms with Crippen LogP contribution in [-0.4, -0.2) is 40.2 Å². The summed E-state index contributed by atoms with van der Waals surface area (Å²) in [5.41, 5.74) is 1.65. The summed E-state index contributed by atoms with van der Waals surface area (Å²) in [5.74, 6) is 0.100. The van der Waals surface area contributed by atoms with E-state index in [1.165, 1.54) is 6.07 Å². The van der Waals surface area contributed by atoms with Crippen LogP contribution in [0.5, 0.6) is 0 Å². The summed E-state index contributed by atoms with van der Waals surface area (Å²) >= 11 is 0. The zero-order chi connectivity index (χ0) is 18.4. The van der Waals surface area contributed by atoms with E-state index in [4.69, 9.17) is 0 Å². The number of hydrogen-bond acceptors (Lipinski definition) is 3. The van der Waals surface area contributed by atoms with E-state index in [0.717, 1.165) is 38.0 Å². The van der Waals surface area contributed by atoms with Crippen LogP contribution in [0, 0.1) is 5.82 Å². The van der Waals surface area contributed by atoms with Crippen LogP contribution < -0.4 is 5.32 Å². The zero-order valence-electron chi connectivity index (χ0n) is 15.7. The van der Waals surface area contributed by atoms with Gasteiger partial charge in [-0.05, 0) is 37.9 Å². The molecule has 2 aromatic rings. The number of carbonyl (C=O) groups excluding carboxylic acids is 1. The highest BCUT2D eigenvalue weighted by Crippen LogP contribution is 2.23. The van der Waals surface area contributed by atoms with Crippen LogP contribution in [0.15, 0.2) is 36.5 Å². The van der Waals surface area contributed by atoms with Crippen molar-refractivity contribution in [2.45, 2.75) is 45.2 Å². The van der Waals surface area contributed by atoms with Crippen molar-refractivity contribution < 1.29 is 9.18 Å². The molecular weight excluding hydrogens is 367 g/mol. The summed E-state index contributed by atoms with van der Waals surface area (Å²) in [5, 5.41) is 7.77. The minimum Gasteiger partial charge on any atom is -0.337 e. The molecule has 1 unspecified atom stereocenters. The normalized spacial score (nSPS) is 16.6. The number of hydrogen-bond donors (Lipinski definition) is 1. The first-order valence-electron chi connectivity index (χ1n) is 9.42. The standard InChI is InChI=1S/C20H27FN4O.ClH/c1-2-12-24(14-17-6-3-4-8-18(17)21)20(26)15-25-19(9-11-23-25)16-7-5-10-22-13-16;/h3-4,6,8-9,11,16,22H,2,5,7,10,12-15H2,1H3;1H. The lowest BCUT2D eigenvalue weighted by atomic mass is 9.96. The number of benzene rings is 1. The van der Waals surface area contributed by atoms with Crippen LogP contribution in [0.2, 0.25) is 0 Å². The molecule has 7 heteroatoms. The summed E-state index contributed by atoms with van der Waals surface area (Å²) in [6.07, 6.45) is 4.84. The van der Waals surface area contributed by atoms with Crippen molar-refractivity contribution in [3.63, 3.8) is 0 Å². The van der Waals surface area contributed by atoms with E-state index in [1.807, 2.05) is 17.7 Å². The monoisotopic (exact) mass is 394 g/mol. The summed E-state index contributed by atoms with van der Waals surface area (Å²) in [6.45, 7) is 5.10. The second-order valence-electron chi connectivity index (χ2n) is 6.86. The van der Waals surface area contributed by atoms with Crippen molar-refractivity contribution >= 4 is 18.3 Å². The minimum atomic E-state index is -0.269. The molecule has 27 heavy (non-hydrogen) atoms. The molecule has 0 aliphatic carbocycles. The SMILES string of the molecule is CCCN(Cc1ccccc1F)C(=O)Cn1nccc1C1CCCNC1.Cl. The van der Waals surface area contributed by atoms with E-state index in [1.54, 1.807) is 29.3 Å². The first kappa shape index (κ1) is 21.4. The highest BCUT2D eigenvalue weighted by Gasteiger charge is 2.22. The van der Waals surface area contributed by atoms with Crippen LogP contribution >= 0.6 is 12.4 Å². The Bertz CT molecular complexity index is 730. The van der Waals surface area contributed by atoms with Gasteiger partial charge in [-0.25, -0.2) is 4.39 Å². The van der Waals surface area contributed by atoms with Crippen LogP contribution in [0.1, 0.15) is 43.4 Å². The van der Waals surface area contributed by atoms with Crippen molar-refractivity contribution in [2.24, 2.45) is 0 Å². The molecule has 1 fully saturated rings. The molecule has 1 aromatic carbocycles. The lowest BCUT2D eigenvalue weighted by Gasteiger charge is -2.25. The molecule has 148 valence electrons. The number of nitrogens with zero attached hydrogens (tertiary/aromatic N) is 3. The topological polar surface area (TPSA) is 50.2 Å². The second-order valence-corrected chi connectivity index (χ2v) is 6.86. The first-order chi connectivity index (χ1) is 12.7. The molecule has 2 heterocycles. The highest BCUT2D eigenvalue weighted by molar-refractivity contribution is 5.85. The highest BCUT2D eigenvalue weighted by atomic mass is 35.5. The number of carbonyl (C=O) groups is 1. The van der Waals surface area contributed by atoms with Crippen LogP contribution in [0.25, 0.3) is 0 Å². The van der Waals surface area contributed by atoms with Gasteiger partial charge in [0.2, 0.25) is 5.91 Å². The molecule has 1 saturated heterocycles. The smallest absolute Gasteiger partial charge is 0.244 e. The summed E-state index contributed by atoms with van der Waals surface area (Å²) in [7, 11) is 0. The Morgan fingerprint density at radius 1 is 1.37 bits per heavy atom. The average Bonchev–Trinajstić information content (AvgIpc) is 3.12. The van der Waals surface area contributed by atoms with Gasteiger partial charge in [0.1, 0.15) is 12.4 Å². The molecule has 5 nitrogen and oxygen atoms in total. The van der Waals surface area contributed by atoms with E-state index in [0.29, 0.717) is 24.6 Å². The van der Waals surface area contributed by atoms with E-state index < -0.39 is 0 Å². The van der Waals surface area contributed by atoms with Gasteiger partial charge in [0.15, 0.2) is 0 Å². The Morgan fingerprint density at radius 3 is 2.89 bits per heavy atom. The third-order valence-electron chi connectivity index (χ3n) is 4.91. The van der Waals surface area contributed by atoms with Gasteiger partial charge in [-0.2, -0.15) is 5.10 Å². The molecule has 0 saturated carbocycles. The van der Waals surface area contributed by atoms with Crippen LogP contribution in [-0.2, 0) is 17.9 Å². The molecule has 1 amide bonds. The van der Waals surface area contributed by atoms with Gasteiger partial charge in [0.05, 0.1) is 0 Å². The van der Waals surface area contributed by atoms with Gasteiger partial charge in [-0.3, -0.25) is 9.48 Å². The summed E-state index contributed by atoms with van der Waals surface area (Å²) < 4.78 is 15.8. The van der Waals surface area contributed by atoms with E-state index in [2.05, 4.69) is 10.4 Å². The first-order valence-corrected chi connectivity index (χ1v) is 9.42. The lowest BCUT2D eigenvalue weighted by molar-refractivity contribution is -0.132. The van der Waals surface area contributed by atoms with E-state index in [-0.39, 0.29) is 30.7 Å².